The Labute approximate surface area is 336 Å². The Morgan fingerprint density at radius 1 is 0.804 bits per heavy atom. The van der Waals surface area contributed by atoms with Gasteiger partial charge >= 0.3 is 5.97 Å². The Morgan fingerprint density at radius 3 is 2.23 bits per heavy atom. The molecule has 3 N–H and O–H groups in total. The van der Waals surface area contributed by atoms with E-state index < -0.39 is 26.2 Å². The van der Waals surface area contributed by atoms with Crippen LogP contribution in [-0.4, -0.2) is 77.7 Å². The standard InChI is InChI=1S/C43H54N2O8S3/c1-42(2)35-31-33(54-28-14-6-9-21-40(46)47)23-25-36(35)44(26-12-15-29-55(48,49)50)38(42)19-7-5-8-20-39-43(3,4)41-34-18-11-10-17-32(34)22-24-37(41)45(39)27-13-16-30-56(51,52)53/h5,7-8,10-11,17-20,22-25,31H,6,9,12-16,21,26-30H2,1-4H3,(H2-,46,47,48,49,50,51,52,53)/p+1. The SMILES string of the molecule is CC1(C)C(/C=C/C=C/C=C2/N(CCCCS(=O)(=O)O)c3ccc(SCCCCCC(=O)O)cc3C2(C)C)=[N+](CCCCS(=O)(=O)O)c2ccc3ccccc3c21. The maximum Gasteiger partial charge on any atom is 0.303 e. The number of carbonyl (C=O) groups is 1. The topological polar surface area (TPSA) is 152 Å². The van der Waals surface area contributed by atoms with E-state index in [1.54, 1.807) is 11.8 Å². The molecule has 3 aromatic rings. The lowest BCUT2D eigenvalue weighted by Gasteiger charge is -2.27. The molecule has 0 unspecified atom stereocenters. The Balaban J connectivity index is 1.40. The number of nitrogens with zero attached hydrogens (tertiary/aromatic N) is 2. The number of benzene rings is 3. The summed E-state index contributed by atoms with van der Waals surface area (Å²) in [6.45, 7) is 10.00. The number of allylic oxidation sites excluding steroid dienone is 6. The number of rotatable bonds is 20. The fourth-order valence-corrected chi connectivity index (χ4v) is 10.1. The van der Waals surface area contributed by atoms with Crippen molar-refractivity contribution in [2.45, 2.75) is 94.8 Å². The molecule has 0 atom stereocenters. The van der Waals surface area contributed by atoms with Crippen LogP contribution in [0.1, 0.15) is 90.2 Å². The third-order valence-electron chi connectivity index (χ3n) is 10.7. The zero-order chi connectivity index (χ0) is 40.7. The van der Waals surface area contributed by atoms with Crippen molar-refractivity contribution in [1.29, 1.82) is 0 Å². The number of fused-ring (bicyclic) bond motifs is 4. The summed E-state index contributed by atoms with van der Waals surface area (Å²) in [6, 6.07) is 19.1. The molecule has 0 bridgehead atoms. The third-order valence-corrected chi connectivity index (χ3v) is 13.4. The van der Waals surface area contributed by atoms with Crippen LogP contribution in [0.25, 0.3) is 10.8 Å². The Bertz CT molecular complexity index is 2270. The molecule has 0 aromatic heterocycles. The summed E-state index contributed by atoms with van der Waals surface area (Å²) in [5.74, 6) is -0.418. The number of carboxylic acid groups (broad SMARTS) is 1. The first-order valence-corrected chi connectivity index (χ1v) is 23.5. The minimum Gasteiger partial charge on any atom is -0.481 e. The highest BCUT2D eigenvalue weighted by molar-refractivity contribution is 7.99. The van der Waals surface area contributed by atoms with Crippen molar-refractivity contribution in [2.75, 3.05) is 35.2 Å². The third kappa shape index (κ3) is 10.8. The highest BCUT2D eigenvalue weighted by atomic mass is 32.2. The molecule has 0 saturated heterocycles. The first-order valence-electron chi connectivity index (χ1n) is 19.3. The second kappa shape index (κ2) is 18.2. The van der Waals surface area contributed by atoms with Crippen molar-refractivity contribution in [3.63, 3.8) is 0 Å². The average Bonchev–Trinajstić information content (AvgIpc) is 3.46. The highest BCUT2D eigenvalue weighted by Crippen LogP contribution is 2.49. The van der Waals surface area contributed by atoms with Gasteiger partial charge in [-0.2, -0.15) is 21.4 Å². The Morgan fingerprint density at radius 2 is 1.52 bits per heavy atom. The predicted molar refractivity (Wildman–Crippen MR) is 228 cm³/mol. The summed E-state index contributed by atoms with van der Waals surface area (Å²) >= 11 is 1.76. The monoisotopic (exact) mass is 823 g/mol. The molecule has 5 rings (SSSR count). The number of hydrogen-bond donors (Lipinski definition) is 3. The quantitative estimate of drug-likeness (QED) is 0.0331. The normalized spacial score (nSPS) is 17.2. The molecule has 2 heterocycles. The molecule has 2 aliphatic rings. The zero-order valence-corrected chi connectivity index (χ0v) is 35.2. The van der Waals surface area contributed by atoms with Gasteiger partial charge in [0.1, 0.15) is 6.54 Å². The van der Waals surface area contributed by atoms with Gasteiger partial charge in [0.25, 0.3) is 20.2 Å². The van der Waals surface area contributed by atoms with E-state index >= 15 is 0 Å². The van der Waals surface area contributed by atoms with E-state index in [4.69, 9.17) is 5.11 Å². The number of hydrogen-bond acceptors (Lipinski definition) is 7. The molecule has 0 spiro atoms. The lowest BCUT2D eigenvalue weighted by molar-refractivity contribution is -0.438. The summed E-state index contributed by atoms with van der Waals surface area (Å²) in [7, 11) is -8.08. The van der Waals surface area contributed by atoms with Gasteiger partial charge in [-0.15, -0.1) is 11.8 Å². The van der Waals surface area contributed by atoms with Gasteiger partial charge in [0.15, 0.2) is 5.71 Å². The second-order valence-corrected chi connectivity index (χ2v) is 19.9. The van der Waals surface area contributed by atoms with Crippen LogP contribution in [0, 0.1) is 0 Å². The minimum atomic E-state index is -4.05. The summed E-state index contributed by atoms with van der Waals surface area (Å²) < 4.78 is 66.6. The molecule has 0 aliphatic carbocycles. The van der Waals surface area contributed by atoms with E-state index in [0.29, 0.717) is 45.2 Å². The molecular weight excluding hydrogens is 769 g/mol. The van der Waals surface area contributed by atoms with Crippen LogP contribution in [0.2, 0.25) is 0 Å². The van der Waals surface area contributed by atoms with Gasteiger partial charge in [-0.25, -0.2) is 0 Å². The van der Waals surface area contributed by atoms with Crippen LogP contribution in [0.3, 0.4) is 0 Å². The van der Waals surface area contributed by atoms with E-state index in [-0.39, 0.29) is 28.8 Å². The Kier molecular flexibility index (Phi) is 14.1. The fraction of sp³-hybridized carbons (Fsp3) is 0.442. The van der Waals surface area contributed by atoms with E-state index in [2.05, 4.69) is 91.8 Å². The fourth-order valence-electron chi connectivity index (χ4n) is 7.97. The summed E-state index contributed by atoms with van der Waals surface area (Å²) in [5.41, 5.74) is 6.04. The molecule has 56 heavy (non-hydrogen) atoms. The van der Waals surface area contributed by atoms with Gasteiger partial charge < -0.3 is 10.0 Å². The van der Waals surface area contributed by atoms with Crippen molar-refractivity contribution < 1.29 is 40.4 Å². The van der Waals surface area contributed by atoms with Crippen molar-refractivity contribution in [3.8, 4) is 0 Å². The van der Waals surface area contributed by atoms with E-state index in [9.17, 15) is 30.7 Å². The van der Waals surface area contributed by atoms with Gasteiger partial charge in [-0.1, -0.05) is 62.8 Å². The number of carboxylic acids is 1. The van der Waals surface area contributed by atoms with Crippen LogP contribution < -0.4 is 4.90 Å². The molecule has 0 saturated carbocycles. The smallest absolute Gasteiger partial charge is 0.303 e. The van der Waals surface area contributed by atoms with Gasteiger partial charge in [-0.05, 0) is 98.4 Å². The average molecular weight is 824 g/mol. The molecule has 0 fully saturated rings. The first kappa shape index (κ1) is 43.4. The van der Waals surface area contributed by atoms with E-state index in [1.807, 2.05) is 30.4 Å². The van der Waals surface area contributed by atoms with Gasteiger partial charge in [0.2, 0.25) is 5.69 Å². The molecule has 2 aliphatic heterocycles. The Hall–Kier alpha value is -3.75. The van der Waals surface area contributed by atoms with Crippen molar-refractivity contribution in [2.24, 2.45) is 0 Å². The molecule has 302 valence electrons. The van der Waals surface area contributed by atoms with Gasteiger partial charge in [0, 0.05) is 58.8 Å². The summed E-state index contributed by atoms with van der Waals surface area (Å²) in [5, 5.41) is 11.3. The van der Waals surface area contributed by atoms with Crippen LogP contribution in [-0.2, 0) is 35.9 Å². The van der Waals surface area contributed by atoms with Crippen molar-refractivity contribution >= 4 is 65.8 Å². The van der Waals surface area contributed by atoms with Gasteiger partial charge in [-0.3, -0.25) is 13.9 Å². The molecule has 13 heteroatoms. The maximum absolute atomic E-state index is 11.4. The maximum atomic E-state index is 11.4. The van der Waals surface area contributed by atoms with Gasteiger partial charge in [0.05, 0.1) is 16.9 Å². The summed E-state index contributed by atoms with van der Waals surface area (Å²) in [4.78, 5) is 14.2. The minimum absolute atomic E-state index is 0.195. The van der Waals surface area contributed by atoms with E-state index in [1.165, 1.54) is 16.5 Å². The number of unbranched alkanes of at least 4 members (excludes halogenated alkanes) is 4. The lowest BCUT2D eigenvalue weighted by Crippen LogP contribution is -2.28. The van der Waals surface area contributed by atoms with Crippen LogP contribution >= 0.6 is 11.8 Å². The van der Waals surface area contributed by atoms with Crippen molar-refractivity contribution in [1.82, 2.24) is 0 Å². The zero-order valence-electron chi connectivity index (χ0n) is 32.8. The largest absolute Gasteiger partial charge is 0.481 e. The number of thioether (sulfide) groups is 1. The predicted octanol–water partition coefficient (Wildman–Crippen LogP) is 9.08. The van der Waals surface area contributed by atoms with Crippen LogP contribution in [0.5, 0.6) is 0 Å². The van der Waals surface area contributed by atoms with Crippen LogP contribution in [0.4, 0.5) is 11.4 Å². The molecule has 10 nitrogen and oxygen atoms in total. The number of anilines is 1. The van der Waals surface area contributed by atoms with E-state index in [0.717, 1.165) is 51.7 Å². The molecular formula is C43H55N2O8S3+. The molecule has 3 aromatic carbocycles. The number of aliphatic carboxylic acids is 1. The van der Waals surface area contributed by atoms with Crippen molar-refractivity contribution in [3.05, 3.63) is 102 Å². The summed E-state index contributed by atoms with van der Waals surface area (Å²) in [6.07, 6.45) is 14.8. The van der Waals surface area contributed by atoms with Crippen LogP contribution in [0.15, 0.2) is 95.6 Å². The lowest BCUT2D eigenvalue weighted by atomic mass is 9.79. The molecule has 0 amide bonds. The first-order chi connectivity index (χ1) is 26.4. The molecule has 0 radical (unpaired) electrons. The second-order valence-electron chi connectivity index (χ2n) is 15.6. The highest BCUT2D eigenvalue weighted by Gasteiger charge is 2.45.